The number of imide groups is 1. The maximum Gasteiger partial charge on any atom is 0.268 e. The minimum Gasteiger partial charge on any atom is -0.492 e. The molecule has 0 saturated carbocycles. The van der Waals surface area contributed by atoms with Gasteiger partial charge in [-0.15, -0.1) is 0 Å². The van der Waals surface area contributed by atoms with Crippen LogP contribution in [0.5, 0.6) is 5.75 Å². The topological polar surface area (TPSA) is 46.6 Å². The van der Waals surface area contributed by atoms with Crippen molar-refractivity contribution in [2.75, 3.05) is 13.2 Å². The largest absolute Gasteiger partial charge is 0.492 e. The van der Waals surface area contributed by atoms with Crippen molar-refractivity contribution in [1.82, 2.24) is 4.90 Å². The Hall–Kier alpha value is -3.31. The van der Waals surface area contributed by atoms with Crippen LogP contribution in [0.4, 0.5) is 0 Å². The van der Waals surface area contributed by atoms with Gasteiger partial charge in [0, 0.05) is 4.90 Å². The lowest BCUT2D eigenvalue weighted by molar-refractivity contribution is -0.136. The predicted octanol–water partition coefficient (Wildman–Crippen LogP) is 5.87. The number of amides is 2. The number of rotatable bonds is 7. The van der Waals surface area contributed by atoms with Crippen LogP contribution in [-0.4, -0.2) is 29.9 Å². The van der Waals surface area contributed by atoms with Crippen LogP contribution in [0.25, 0.3) is 5.57 Å². The molecule has 0 aromatic heterocycles. The Morgan fingerprint density at radius 3 is 2.15 bits per heavy atom. The second kappa shape index (κ2) is 9.67. The van der Waals surface area contributed by atoms with E-state index >= 15 is 0 Å². The van der Waals surface area contributed by atoms with E-state index in [1.165, 1.54) is 16.7 Å². The first-order chi connectivity index (χ1) is 15.8. The molecule has 0 aliphatic carbocycles. The highest BCUT2D eigenvalue weighted by molar-refractivity contribution is 8.04. The summed E-state index contributed by atoms with van der Waals surface area (Å²) in [5.74, 6) is 0.204. The van der Waals surface area contributed by atoms with E-state index in [4.69, 9.17) is 4.74 Å². The number of carbonyl (C=O) groups excluding carboxylic acids is 2. The van der Waals surface area contributed by atoms with Crippen molar-refractivity contribution in [2.24, 2.45) is 0 Å². The van der Waals surface area contributed by atoms with Crippen molar-refractivity contribution in [3.8, 4) is 5.75 Å². The van der Waals surface area contributed by atoms with Crippen LogP contribution in [-0.2, 0) is 9.59 Å². The van der Waals surface area contributed by atoms with Gasteiger partial charge in [-0.25, -0.2) is 0 Å². The minimum atomic E-state index is -0.271. The molecule has 2 amide bonds. The summed E-state index contributed by atoms with van der Waals surface area (Å²) >= 11 is 1.34. The van der Waals surface area contributed by atoms with E-state index in [0.717, 1.165) is 38.5 Å². The first-order valence-corrected chi connectivity index (χ1v) is 11.8. The molecule has 168 valence electrons. The molecule has 4 rings (SSSR count). The third-order valence-corrected chi connectivity index (χ3v) is 6.61. The smallest absolute Gasteiger partial charge is 0.268 e. The Bertz CT molecular complexity index is 1230. The lowest BCUT2D eigenvalue weighted by Gasteiger charge is -2.16. The first kappa shape index (κ1) is 22.9. The fraction of sp³-hybridized carbons (Fsp3) is 0.214. The van der Waals surface area contributed by atoms with E-state index in [1.54, 1.807) is 0 Å². The molecule has 0 unspecified atom stereocenters. The van der Waals surface area contributed by atoms with Crippen molar-refractivity contribution < 1.29 is 14.3 Å². The van der Waals surface area contributed by atoms with Gasteiger partial charge >= 0.3 is 0 Å². The molecule has 0 saturated heterocycles. The van der Waals surface area contributed by atoms with Gasteiger partial charge in [0.05, 0.1) is 17.0 Å². The Kier molecular flexibility index (Phi) is 6.70. The second-order valence-corrected chi connectivity index (χ2v) is 9.46. The number of thioether (sulfide) groups is 1. The van der Waals surface area contributed by atoms with Gasteiger partial charge < -0.3 is 4.74 Å². The molecular formula is C28H27NO3S. The van der Waals surface area contributed by atoms with Crippen LogP contribution in [0, 0.1) is 27.7 Å². The van der Waals surface area contributed by atoms with Gasteiger partial charge in [-0.2, -0.15) is 0 Å². The monoisotopic (exact) mass is 457 g/mol. The van der Waals surface area contributed by atoms with Crippen molar-refractivity contribution in [1.29, 1.82) is 0 Å². The van der Waals surface area contributed by atoms with Crippen LogP contribution in [0.1, 0.15) is 27.8 Å². The molecule has 33 heavy (non-hydrogen) atoms. The third-order valence-electron chi connectivity index (χ3n) is 5.52. The zero-order chi connectivity index (χ0) is 23.5. The SMILES string of the molecule is Cc1cc(C)cc(OCCN2C(=O)C(Sc3ccccc3)=C(c3ccc(C)cc3C)C2=O)c1. The summed E-state index contributed by atoms with van der Waals surface area (Å²) in [6, 6.07) is 21.6. The van der Waals surface area contributed by atoms with Crippen molar-refractivity contribution in [3.63, 3.8) is 0 Å². The molecule has 3 aromatic carbocycles. The number of benzene rings is 3. The molecule has 1 aliphatic rings. The molecule has 0 N–H and O–H groups in total. The number of hydrogen-bond donors (Lipinski definition) is 0. The van der Waals surface area contributed by atoms with E-state index in [2.05, 4.69) is 6.07 Å². The molecule has 4 nitrogen and oxygen atoms in total. The predicted molar refractivity (Wildman–Crippen MR) is 133 cm³/mol. The van der Waals surface area contributed by atoms with E-state index < -0.39 is 0 Å². The van der Waals surface area contributed by atoms with Gasteiger partial charge in [-0.3, -0.25) is 14.5 Å². The highest BCUT2D eigenvalue weighted by atomic mass is 32.2. The standard InChI is InChI=1S/C28H27NO3S/c1-18-10-11-24(21(4)15-18)25-26(33-23-8-6-5-7-9-23)28(31)29(27(25)30)12-13-32-22-16-19(2)14-20(3)17-22/h5-11,14-17H,12-13H2,1-4H3. The number of ether oxygens (including phenoxy) is 1. The number of nitrogens with zero attached hydrogens (tertiary/aromatic N) is 1. The van der Waals surface area contributed by atoms with Gasteiger partial charge in [0.15, 0.2) is 0 Å². The molecule has 0 atom stereocenters. The van der Waals surface area contributed by atoms with Crippen LogP contribution in [0.2, 0.25) is 0 Å². The highest BCUT2D eigenvalue weighted by Crippen LogP contribution is 2.40. The summed E-state index contributed by atoms with van der Waals surface area (Å²) in [6.07, 6.45) is 0. The van der Waals surface area contributed by atoms with Crippen molar-refractivity contribution in [2.45, 2.75) is 32.6 Å². The Labute approximate surface area is 199 Å². The summed E-state index contributed by atoms with van der Waals surface area (Å²) in [7, 11) is 0. The Morgan fingerprint density at radius 1 is 0.788 bits per heavy atom. The zero-order valence-corrected chi connectivity index (χ0v) is 20.2. The quantitative estimate of drug-likeness (QED) is 0.416. The van der Waals surface area contributed by atoms with Gasteiger partial charge in [0.2, 0.25) is 0 Å². The van der Waals surface area contributed by atoms with Gasteiger partial charge in [-0.1, -0.05) is 59.8 Å². The summed E-state index contributed by atoms with van der Waals surface area (Å²) in [5.41, 5.74) is 5.58. The third kappa shape index (κ3) is 5.04. The summed E-state index contributed by atoms with van der Waals surface area (Å²) in [5, 5.41) is 0. The fourth-order valence-corrected chi connectivity index (χ4v) is 5.09. The average molecular weight is 458 g/mol. The maximum atomic E-state index is 13.5. The minimum absolute atomic E-state index is 0.192. The van der Waals surface area contributed by atoms with E-state index in [1.807, 2.05) is 88.4 Å². The highest BCUT2D eigenvalue weighted by Gasteiger charge is 2.39. The molecule has 3 aromatic rings. The van der Waals surface area contributed by atoms with Gasteiger partial charge in [-0.05, 0) is 74.2 Å². The van der Waals surface area contributed by atoms with E-state index in [0.29, 0.717) is 10.5 Å². The molecule has 0 spiro atoms. The van der Waals surface area contributed by atoms with E-state index in [-0.39, 0.29) is 25.0 Å². The van der Waals surface area contributed by atoms with Crippen LogP contribution in [0.15, 0.2) is 76.5 Å². The second-order valence-electron chi connectivity index (χ2n) is 8.37. The van der Waals surface area contributed by atoms with Gasteiger partial charge in [0.25, 0.3) is 11.8 Å². The normalized spacial score (nSPS) is 13.8. The Morgan fingerprint density at radius 2 is 1.48 bits per heavy atom. The number of carbonyl (C=O) groups is 2. The molecule has 1 heterocycles. The van der Waals surface area contributed by atoms with Crippen LogP contribution >= 0.6 is 11.8 Å². The summed E-state index contributed by atoms with van der Waals surface area (Å²) < 4.78 is 5.89. The first-order valence-electron chi connectivity index (χ1n) is 11.0. The van der Waals surface area contributed by atoms with Crippen molar-refractivity contribution in [3.05, 3.63) is 99.5 Å². The molecule has 0 bridgehead atoms. The molecule has 5 heteroatoms. The molecule has 0 radical (unpaired) electrons. The Balaban J connectivity index is 1.61. The molecule has 0 fully saturated rings. The number of hydrogen-bond acceptors (Lipinski definition) is 4. The van der Waals surface area contributed by atoms with Crippen LogP contribution in [0.3, 0.4) is 0 Å². The maximum absolute atomic E-state index is 13.5. The summed E-state index contributed by atoms with van der Waals surface area (Å²) in [6.45, 7) is 8.45. The van der Waals surface area contributed by atoms with Crippen LogP contribution < -0.4 is 4.74 Å². The van der Waals surface area contributed by atoms with E-state index in [9.17, 15) is 9.59 Å². The lowest BCUT2D eigenvalue weighted by atomic mass is 9.99. The summed E-state index contributed by atoms with van der Waals surface area (Å²) in [4.78, 5) is 29.6. The number of aryl methyl sites for hydroxylation is 4. The fourth-order valence-electron chi connectivity index (χ4n) is 4.06. The molecule has 1 aliphatic heterocycles. The zero-order valence-electron chi connectivity index (χ0n) is 19.3. The lowest BCUT2D eigenvalue weighted by Crippen LogP contribution is -2.35. The van der Waals surface area contributed by atoms with Gasteiger partial charge in [0.1, 0.15) is 12.4 Å². The van der Waals surface area contributed by atoms with Crippen molar-refractivity contribution >= 4 is 29.1 Å². The molecular weight excluding hydrogens is 430 g/mol. The average Bonchev–Trinajstić information content (AvgIpc) is 2.98.